The van der Waals surface area contributed by atoms with E-state index in [1.165, 1.54) is 0 Å². The third-order valence-electron chi connectivity index (χ3n) is 4.89. The fourth-order valence-corrected chi connectivity index (χ4v) is 3.36. The zero-order chi connectivity index (χ0) is 19.0. The van der Waals surface area contributed by atoms with Crippen molar-refractivity contribution >= 4 is 16.9 Å². The van der Waals surface area contributed by atoms with E-state index < -0.39 is 5.92 Å². The zero-order valence-electron chi connectivity index (χ0n) is 15.4. The number of alkyl halides is 2. The van der Waals surface area contributed by atoms with Gasteiger partial charge in [0, 0.05) is 32.6 Å². The van der Waals surface area contributed by atoms with Crippen molar-refractivity contribution in [2.75, 3.05) is 18.0 Å². The molecular weight excluding hydrogens is 354 g/mol. The van der Waals surface area contributed by atoms with Gasteiger partial charge < -0.3 is 9.47 Å². The van der Waals surface area contributed by atoms with E-state index in [9.17, 15) is 8.78 Å². The van der Waals surface area contributed by atoms with Crippen molar-refractivity contribution in [3.05, 3.63) is 23.9 Å². The molecule has 0 bridgehead atoms. The SMILES string of the molecule is CCCCc1nc(N2CCC(F)(F)C2)c2ccn(Cc3nnnn3C)c2n1. The molecule has 144 valence electrons. The molecule has 4 heterocycles. The van der Waals surface area contributed by atoms with Gasteiger partial charge in [-0.1, -0.05) is 13.3 Å². The summed E-state index contributed by atoms with van der Waals surface area (Å²) in [4.78, 5) is 11.0. The standard InChI is InChI=1S/C17H22F2N8/c1-3-4-5-13-20-15-12(16(21-13)27-9-7-17(18,19)11-27)6-8-26(15)10-14-22-23-24-25(14)2/h6,8H,3-5,7,9-11H2,1-2H3. The van der Waals surface area contributed by atoms with Gasteiger partial charge in [0.15, 0.2) is 5.82 Å². The molecule has 0 N–H and O–H groups in total. The molecule has 1 aliphatic heterocycles. The van der Waals surface area contributed by atoms with Gasteiger partial charge in [0.05, 0.1) is 18.5 Å². The van der Waals surface area contributed by atoms with Gasteiger partial charge in [0.1, 0.15) is 17.3 Å². The highest BCUT2D eigenvalue weighted by molar-refractivity contribution is 5.88. The van der Waals surface area contributed by atoms with Crippen molar-refractivity contribution in [1.29, 1.82) is 0 Å². The van der Waals surface area contributed by atoms with E-state index >= 15 is 0 Å². The van der Waals surface area contributed by atoms with Crippen LogP contribution < -0.4 is 4.90 Å². The van der Waals surface area contributed by atoms with Crippen molar-refractivity contribution in [3.8, 4) is 0 Å². The Hall–Kier alpha value is -2.65. The van der Waals surface area contributed by atoms with Crippen LogP contribution in [0.15, 0.2) is 12.3 Å². The normalized spacial score (nSPS) is 16.5. The predicted octanol–water partition coefficient (Wildman–Crippen LogP) is 2.19. The van der Waals surface area contributed by atoms with Crippen LogP contribution in [0.5, 0.6) is 0 Å². The third-order valence-corrected chi connectivity index (χ3v) is 4.89. The average molecular weight is 376 g/mol. The number of aryl methyl sites for hydroxylation is 2. The summed E-state index contributed by atoms with van der Waals surface area (Å²) in [5.74, 6) is -0.701. The molecule has 0 amide bonds. The highest BCUT2D eigenvalue weighted by atomic mass is 19.3. The van der Waals surface area contributed by atoms with Crippen molar-refractivity contribution in [2.24, 2.45) is 7.05 Å². The quantitative estimate of drug-likeness (QED) is 0.656. The maximum Gasteiger partial charge on any atom is 0.266 e. The van der Waals surface area contributed by atoms with Gasteiger partial charge in [0.2, 0.25) is 0 Å². The van der Waals surface area contributed by atoms with Gasteiger partial charge in [0.25, 0.3) is 5.92 Å². The molecule has 4 rings (SSSR count). The molecule has 0 aliphatic carbocycles. The number of tetrazole rings is 1. The number of fused-ring (bicyclic) bond motifs is 1. The molecule has 3 aromatic heterocycles. The lowest BCUT2D eigenvalue weighted by Crippen LogP contribution is -2.26. The van der Waals surface area contributed by atoms with Crippen LogP contribution in [0, 0.1) is 0 Å². The maximum atomic E-state index is 13.8. The summed E-state index contributed by atoms with van der Waals surface area (Å²) in [6.45, 7) is 2.55. The van der Waals surface area contributed by atoms with E-state index in [4.69, 9.17) is 4.98 Å². The number of halogens is 2. The molecule has 1 saturated heterocycles. The van der Waals surface area contributed by atoms with E-state index in [2.05, 4.69) is 27.4 Å². The van der Waals surface area contributed by atoms with Gasteiger partial charge in [-0.15, -0.1) is 5.10 Å². The Bertz CT molecular complexity index is 948. The van der Waals surface area contributed by atoms with Gasteiger partial charge in [-0.05, 0) is 22.9 Å². The minimum Gasteiger partial charge on any atom is -0.350 e. The summed E-state index contributed by atoms with van der Waals surface area (Å²) in [5.41, 5.74) is 0.726. The van der Waals surface area contributed by atoms with Gasteiger partial charge in [-0.3, -0.25) is 0 Å². The van der Waals surface area contributed by atoms with Crippen LogP contribution in [0.25, 0.3) is 11.0 Å². The van der Waals surface area contributed by atoms with Gasteiger partial charge in [-0.25, -0.2) is 23.4 Å². The Labute approximate surface area is 155 Å². The Morgan fingerprint density at radius 3 is 2.78 bits per heavy atom. The lowest BCUT2D eigenvalue weighted by Gasteiger charge is -2.19. The van der Waals surface area contributed by atoms with Crippen LogP contribution in [0.3, 0.4) is 0 Å². The first-order valence-electron chi connectivity index (χ1n) is 9.16. The molecule has 1 aliphatic rings. The third kappa shape index (κ3) is 3.47. The van der Waals surface area contributed by atoms with Crippen molar-refractivity contribution in [1.82, 2.24) is 34.7 Å². The topological polar surface area (TPSA) is 77.5 Å². The highest BCUT2D eigenvalue weighted by Crippen LogP contribution is 2.34. The second-order valence-corrected chi connectivity index (χ2v) is 6.99. The smallest absolute Gasteiger partial charge is 0.266 e. The van der Waals surface area contributed by atoms with Crippen molar-refractivity contribution in [2.45, 2.75) is 45.1 Å². The largest absolute Gasteiger partial charge is 0.350 e. The number of nitrogens with zero attached hydrogens (tertiary/aromatic N) is 8. The number of aromatic nitrogens is 7. The Morgan fingerprint density at radius 2 is 2.11 bits per heavy atom. The van der Waals surface area contributed by atoms with Crippen LogP contribution in [0.2, 0.25) is 0 Å². The first-order chi connectivity index (χ1) is 13.0. The Kier molecular flexibility index (Phi) is 4.48. The Morgan fingerprint density at radius 1 is 1.26 bits per heavy atom. The summed E-state index contributed by atoms with van der Waals surface area (Å²) in [6, 6.07) is 1.88. The first kappa shape index (κ1) is 17.7. The molecule has 0 saturated carbocycles. The summed E-state index contributed by atoms with van der Waals surface area (Å²) in [7, 11) is 1.78. The molecule has 0 radical (unpaired) electrons. The fraction of sp³-hybridized carbons (Fsp3) is 0.588. The molecule has 0 unspecified atom stereocenters. The lowest BCUT2D eigenvalue weighted by atomic mass is 10.2. The highest BCUT2D eigenvalue weighted by Gasteiger charge is 2.39. The van der Waals surface area contributed by atoms with E-state index in [1.54, 1.807) is 16.6 Å². The number of rotatable bonds is 6. The van der Waals surface area contributed by atoms with Crippen LogP contribution in [0.4, 0.5) is 14.6 Å². The van der Waals surface area contributed by atoms with Crippen LogP contribution in [0.1, 0.15) is 37.8 Å². The minimum absolute atomic E-state index is 0.145. The molecule has 27 heavy (non-hydrogen) atoms. The van der Waals surface area contributed by atoms with E-state index in [1.807, 2.05) is 16.8 Å². The van der Waals surface area contributed by atoms with Crippen LogP contribution in [-0.2, 0) is 20.0 Å². The van der Waals surface area contributed by atoms with Crippen LogP contribution >= 0.6 is 0 Å². The summed E-state index contributed by atoms with van der Waals surface area (Å²) >= 11 is 0. The fourth-order valence-electron chi connectivity index (χ4n) is 3.36. The second kappa shape index (κ2) is 6.82. The van der Waals surface area contributed by atoms with E-state index in [-0.39, 0.29) is 13.0 Å². The van der Waals surface area contributed by atoms with Gasteiger partial charge in [-0.2, -0.15) is 0 Å². The molecule has 8 nitrogen and oxygen atoms in total. The molecule has 0 aromatic carbocycles. The van der Waals surface area contributed by atoms with Crippen LogP contribution in [-0.4, -0.2) is 53.8 Å². The number of anilines is 1. The molecular formula is C17H22F2N8. The van der Waals surface area contributed by atoms with Crippen molar-refractivity contribution < 1.29 is 8.78 Å². The van der Waals surface area contributed by atoms with Gasteiger partial charge >= 0.3 is 0 Å². The predicted molar refractivity (Wildman–Crippen MR) is 95.8 cm³/mol. The number of unbranched alkanes of at least 4 members (excludes halogenated alkanes) is 1. The molecule has 3 aromatic rings. The Balaban J connectivity index is 1.76. The monoisotopic (exact) mass is 376 g/mol. The second-order valence-electron chi connectivity index (χ2n) is 6.99. The average Bonchev–Trinajstić information content (AvgIpc) is 3.33. The number of hydrogen-bond acceptors (Lipinski definition) is 6. The molecule has 10 heteroatoms. The molecule has 1 fully saturated rings. The zero-order valence-corrected chi connectivity index (χ0v) is 15.4. The lowest BCUT2D eigenvalue weighted by molar-refractivity contribution is 0.0257. The first-order valence-corrected chi connectivity index (χ1v) is 9.16. The molecule has 0 atom stereocenters. The summed E-state index contributed by atoms with van der Waals surface area (Å²) < 4.78 is 31.1. The van der Waals surface area contributed by atoms with E-state index in [0.717, 1.165) is 30.3 Å². The number of hydrogen-bond donors (Lipinski definition) is 0. The van der Waals surface area contributed by atoms with Crippen molar-refractivity contribution in [3.63, 3.8) is 0 Å². The minimum atomic E-state index is -2.67. The molecule has 0 spiro atoms. The summed E-state index contributed by atoms with van der Waals surface area (Å²) in [6.07, 6.45) is 4.43. The summed E-state index contributed by atoms with van der Waals surface area (Å²) in [5, 5.41) is 12.3. The van der Waals surface area contributed by atoms with E-state index in [0.29, 0.717) is 30.6 Å². The maximum absolute atomic E-state index is 13.8.